The molecule has 2 rings (SSSR count). The highest BCUT2D eigenvalue weighted by molar-refractivity contribution is 5.74. The monoisotopic (exact) mass is 254 g/mol. The first-order valence-corrected chi connectivity index (χ1v) is 7.20. The fraction of sp³-hybridized carbons (Fsp3) is 0.923. The van der Waals surface area contributed by atoms with E-state index < -0.39 is 0 Å². The lowest BCUT2D eigenvalue weighted by Crippen LogP contribution is -2.52. The first-order chi connectivity index (χ1) is 8.74. The van der Waals surface area contributed by atoms with Crippen LogP contribution in [0.25, 0.3) is 0 Å². The van der Waals surface area contributed by atoms with E-state index >= 15 is 0 Å². The number of carbonyl (C=O) groups is 1. The van der Waals surface area contributed by atoms with Gasteiger partial charge in [-0.05, 0) is 45.8 Å². The Kier molecular flexibility index (Phi) is 5.26. The second-order valence-corrected chi connectivity index (χ2v) is 5.60. The summed E-state index contributed by atoms with van der Waals surface area (Å²) in [5.41, 5.74) is 0. The van der Waals surface area contributed by atoms with Gasteiger partial charge in [0.25, 0.3) is 0 Å². The molecule has 3 N–H and O–H groups in total. The topological polar surface area (TPSA) is 56.4 Å². The summed E-state index contributed by atoms with van der Waals surface area (Å²) in [7, 11) is 2.11. The molecule has 0 spiro atoms. The van der Waals surface area contributed by atoms with Crippen molar-refractivity contribution in [3.05, 3.63) is 0 Å². The van der Waals surface area contributed by atoms with Crippen LogP contribution in [0.5, 0.6) is 0 Å². The molecule has 2 aliphatic heterocycles. The number of likely N-dealkylation sites (tertiary alicyclic amines) is 1. The number of likely N-dealkylation sites (N-methyl/N-ethyl adjacent to an activating group) is 1. The molecular formula is C13H26N4O. The lowest BCUT2D eigenvalue weighted by atomic mass is 10.1. The number of hydrogen-bond acceptors (Lipinski definition) is 3. The lowest BCUT2D eigenvalue weighted by Gasteiger charge is -2.30. The van der Waals surface area contributed by atoms with E-state index in [0.29, 0.717) is 12.1 Å². The van der Waals surface area contributed by atoms with Crippen LogP contribution in [0.1, 0.15) is 32.1 Å². The number of nitrogens with one attached hydrogen (secondary N) is 3. The summed E-state index contributed by atoms with van der Waals surface area (Å²) in [5, 5.41) is 9.49. The highest BCUT2D eigenvalue weighted by atomic mass is 16.2. The Morgan fingerprint density at radius 2 is 2.22 bits per heavy atom. The summed E-state index contributed by atoms with van der Waals surface area (Å²) in [4.78, 5) is 14.1. The van der Waals surface area contributed by atoms with E-state index in [2.05, 4.69) is 27.9 Å². The number of nitrogens with zero attached hydrogens (tertiary/aromatic N) is 1. The molecule has 2 saturated heterocycles. The maximum Gasteiger partial charge on any atom is 0.315 e. The predicted octanol–water partition coefficient (Wildman–Crippen LogP) is 0.522. The van der Waals surface area contributed by atoms with E-state index in [9.17, 15) is 4.79 Å². The van der Waals surface area contributed by atoms with Gasteiger partial charge in [0.15, 0.2) is 0 Å². The van der Waals surface area contributed by atoms with Crippen LogP contribution in [0.3, 0.4) is 0 Å². The minimum atomic E-state index is -0.0114. The molecular weight excluding hydrogens is 228 g/mol. The van der Waals surface area contributed by atoms with Gasteiger partial charge in [0, 0.05) is 25.2 Å². The van der Waals surface area contributed by atoms with Crippen molar-refractivity contribution in [1.29, 1.82) is 0 Å². The van der Waals surface area contributed by atoms with Crippen molar-refractivity contribution < 1.29 is 4.79 Å². The average molecular weight is 254 g/mol. The van der Waals surface area contributed by atoms with E-state index in [-0.39, 0.29) is 6.03 Å². The third kappa shape index (κ3) is 4.46. The van der Waals surface area contributed by atoms with Gasteiger partial charge in [-0.15, -0.1) is 0 Å². The van der Waals surface area contributed by atoms with Crippen LogP contribution in [-0.4, -0.2) is 56.2 Å². The highest BCUT2D eigenvalue weighted by Crippen LogP contribution is 2.08. The minimum Gasteiger partial charge on any atom is -0.337 e. The van der Waals surface area contributed by atoms with Gasteiger partial charge >= 0.3 is 6.03 Å². The van der Waals surface area contributed by atoms with Crippen molar-refractivity contribution in [2.24, 2.45) is 0 Å². The summed E-state index contributed by atoms with van der Waals surface area (Å²) in [6.45, 7) is 3.94. The highest BCUT2D eigenvalue weighted by Gasteiger charge is 2.19. The van der Waals surface area contributed by atoms with E-state index in [1.54, 1.807) is 0 Å². The molecule has 0 radical (unpaired) electrons. The smallest absolute Gasteiger partial charge is 0.315 e. The maximum absolute atomic E-state index is 11.8. The number of amides is 2. The van der Waals surface area contributed by atoms with E-state index in [1.165, 1.54) is 25.7 Å². The molecule has 0 bridgehead atoms. The third-order valence-electron chi connectivity index (χ3n) is 3.88. The average Bonchev–Trinajstić information content (AvgIpc) is 2.38. The molecule has 2 aliphatic rings. The summed E-state index contributed by atoms with van der Waals surface area (Å²) in [5.74, 6) is 0. The van der Waals surface area contributed by atoms with Gasteiger partial charge in [-0.1, -0.05) is 6.42 Å². The SMILES string of the molecule is CN1CCCC(NC(=O)NCC2CCCCN2)C1. The number of hydrogen-bond donors (Lipinski definition) is 3. The van der Waals surface area contributed by atoms with Gasteiger partial charge in [0.05, 0.1) is 0 Å². The van der Waals surface area contributed by atoms with Crippen LogP contribution in [0.2, 0.25) is 0 Å². The van der Waals surface area contributed by atoms with Crippen molar-refractivity contribution >= 4 is 6.03 Å². The van der Waals surface area contributed by atoms with Crippen LogP contribution in [0.4, 0.5) is 4.79 Å². The summed E-state index contributed by atoms with van der Waals surface area (Å²) < 4.78 is 0. The van der Waals surface area contributed by atoms with Crippen molar-refractivity contribution in [2.75, 3.05) is 33.2 Å². The van der Waals surface area contributed by atoms with Gasteiger partial charge in [-0.25, -0.2) is 4.79 Å². The zero-order chi connectivity index (χ0) is 12.8. The fourth-order valence-electron chi connectivity index (χ4n) is 2.83. The van der Waals surface area contributed by atoms with Gasteiger partial charge in [0.1, 0.15) is 0 Å². The van der Waals surface area contributed by atoms with E-state index in [1.807, 2.05) is 0 Å². The molecule has 2 heterocycles. The van der Waals surface area contributed by atoms with Gasteiger partial charge in [-0.3, -0.25) is 0 Å². The standard InChI is InChI=1S/C13H26N4O/c1-17-8-4-6-12(10-17)16-13(18)15-9-11-5-2-3-7-14-11/h11-12,14H,2-10H2,1H3,(H2,15,16,18). The quantitative estimate of drug-likeness (QED) is 0.688. The number of carbonyl (C=O) groups excluding carboxylic acids is 1. The van der Waals surface area contributed by atoms with Crippen molar-refractivity contribution in [3.63, 3.8) is 0 Å². The summed E-state index contributed by atoms with van der Waals surface area (Å²) in [6.07, 6.45) is 5.98. The molecule has 104 valence electrons. The summed E-state index contributed by atoms with van der Waals surface area (Å²) in [6, 6.07) is 0.754. The summed E-state index contributed by atoms with van der Waals surface area (Å²) >= 11 is 0. The van der Waals surface area contributed by atoms with Gasteiger partial charge < -0.3 is 20.9 Å². The first kappa shape index (κ1) is 13.6. The Balaban J connectivity index is 1.62. The Labute approximate surface area is 110 Å². The van der Waals surface area contributed by atoms with Crippen molar-refractivity contribution in [2.45, 2.75) is 44.2 Å². The second kappa shape index (κ2) is 6.95. The zero-order valence-corrected chi connectivity index (χ0v) is 11.4. The number of rotatable bonds is 3. The van der Waals surface area contributed by atoms with Crippen LogP contribution >= 0.6 is 0 Å². The second-order valence-electron chi connectivity index (χ2n) is 5.60. The molecule has 0 aliphatic carbocycles. The lowest BCUT2D eigenvalue weighted by molar-refractivity contribution is 0.208. The molecule has 5 heteroatoms. The van der Waals surface area contributed by atoms with E-state index in [4.69, 9.17) is 0 Å². The van der Waals surface area contributed by atoms with Crippen LogP contribution in [0, 0.1) is 0 Å². The van der Waals surface area contributed by atoms with Crippen molar-refractivity contribution in [1.82, 2.24) is 20.9 Å². The molecule has 0 saturated carbocycles. The molecule has 18 heavy (non-hydrogen) atoms. The third-order valence-corrected chi connectivity index (χ3v) is 3.88. The van der Waals surface area contributed by atoms with E-state index in [0.717, 1.165) is 32.6 Å². The molecule has 2 atom stereocenters. The van der Waals surface area contributed by atoms with Crippen LogP contribution in [0.15, 0.2) is 0 Å². The molecule has 2 fully saturated rings. The number of urea groups is 1. The van der Waals surface area contributed by atoms with Gasteiger partial charge in [0.2, 0.25) is 0 Å². The first-order valence-electron chi connectivity index (χ1n) is 7.20. The molecule has 2 unspecified atom stereocenters. The fourth-order valence-corrected chi connectivity index (χ4v) is 2.83. The Morgan fingerprint density at radius 1 is 1.33 bits per heavy atom. The normalized spacial score (nSPS) is 29.8. The Morgan fingerprint density at radius 3 is 2.94 bits per heavy atom. The Hall–Kier alpha value is -0.810. The van der Waals surface area contributed by atoms with Gasteiger partial charge in [-0.2, -0.15) is 0 Å². The minimum absolute atomic E-state index is 0.0114. The maximum atomic E-state index is 11.8. The van der Waals surface area contributed by atoms with Crippen LogP contribution < -0.4 is 16.0 Å². The van der Waals surface area contributed by atoms with Crippen molar-refractivity contribution in [3.8, 4) is 0 Å². The largest absolute Gasteiger partial charge is 0.337 e. The Bertz CT molecular complexity index is 266. The predicted molar refractivity (Wildman–Crippen MR) is 72.7 cm³/mol. The molecule has 0 aromatic heterocycles. The molecule has 5 nitrogen and oxygen atoms in total. The zero-order valence-electron chi connectivity index (χ0n) is 11.4. The molecule has 2 amide bonds. The van der Waals surface area contributed by atoms with Crippen LogP contribution in [-0.2, 0) is 0 Å². The molecule has 0 aromatic carbocycles. The molecule has 0 aromatic rings. The number of piperidine rings is 2.